The summed E-state index contributed by atoms with van der Waals surface area (Å²) in [6.07, 6.45) is 17.3. The minimum atomic E-state index is -1.76. The van der Waals surface area contributed by atoms with E-state index >= 15 is 0 Å². The van der Waals surface area contributed by atoms with E-state index in [1.807, 2.05) is 0 Å². The van der Waals surface area contributed by atoms with Gasteiger partial charge in [-0.1, -0.05) is 52.7 Å². The molecule has 0 heterocycles. The van der Waals surface area contributed by atoms with Gasteiger partial charge in [0.25, 0.3) is 0 Å². The SMILES string of the molecule is C#CCCCC1=C(C)CC[C@H]2[C@H]1CC[C@H]1C(C)(C)[C@@H](O[Si](C)(C)C(C)(C)C)CC[C@]21C. The van der Waals surface area contributed by atoms with Gasteiger partial charge in [-0.15, -0.1) is 12.3 Å². The maximum Gasteiger partial charge on any atom is 0.192 e. The lowest BCUT2D eigenvalue weighted by molar-refractivity contribution is -0.144. The molecule has 0 radical (unpaired) electrons. The third-order valence-electron chi connectivity index (χ3n) is 10.4. The summed E-state index contributed by atoms with van der Waals surface area (Å²) in [5.41, 5.74) is 4.20. The Labute approximate surface area is 195 Å². The van der Waals surface area contributed by atoms with Gasteiger partial charge >= 0.3 is 0 Å². The Balaban J connectivity index is 1.83. The molecule has 0 aromatic carbocycles. The Morgan fingerprint density at radius 1 is 1.10 bits per heavy atom. The van der Waals surface area contributed by atoms with Crippen LogP contribution in [0.3, 0.4) is 0 Å². The summed E-state index contributed by atoms with van der Waals surface area (Å²) in [5.74, 6) is 5.29. The topological polar surface area (TPSA) is 9.23 Å². The van der Waals surface area contributed by atoms with E-state index in [0.29, 0.717) is 11.5 Å². The van der Waals surface area contributed by atoms with Crippen LogP contribution in [-0.4, -0.2) is 14.4 Å². The van der Waals surface area contributed by atoms with Crippen LogP contribution in [-0.2, 0) is 4.43 Å². The van der Waals surface area contributed by atoms with Crippen LogP contribution in [0.1, 0.15) is 106 Å². The predicted octanol–water partition coefficient (Wildman–Crippen LogP) is 8.76. The van der Waals surface area contributed by atoms with E-state index in [1.54, 1.807) is 11.1 Å². The molecular weight excluding hydrogens is 392 g/mol. The smallest absolute Gasteiger partial charge is 0.192 e. The molecule has 5 atom stereocenters. The Kier molecular flexibility index (Phi) is 7.03. The van der Waals surface area contributed by atoms with Crippen molar-refractivity contribution >= 4 is 8.32 Å². The highest BCUT2D eigenvalue weighted by atomic mass is 28.4. The van der Waals surface area contributed by atoms with Crippen molar-refractivity contribution in [1.29, 1.82) is 0 Å². The van der Waals surface area contributed by atoms with Gasteiger partial charge in [-0.3, -0.25) is 0 Å². The maximum atomic E-state index is 7.10. The van der Waals surface area contributed by atoms with Crippen molar-refractivity contribution in [2.24, 2.45) is 28.6 Å². The third kappa shape index (κ3) is 4.48. The summed E-state index contributed by atoms with van der Waals surface area (Å²) >= 11 is 0. The van der Waals surface area contributed by atoms with Crippen LogP contribution in [0.15, 0.2) is 11.1 Å². The molecule has 0 aromatic heterocycles. The fraction of sp³-hybridized carbons (Fsp3) is 0.862. The molecule has 1 nitrogen and oxygen atoms in total. The molecule has 0 bridgehead atoms. The predicted molar refractivity (Wildman–Crippen MR) is 138 cm³/mol. The van der Waals surface area contributed by atoms with E-state index in [-0.39, 0.29) is 10.5 Å². The Morgan fingerprint density at radius 3 is 2.39 bits per heavy atom. The number of fused-ring (bicyclic) bond motifs is 3. The second-order valence-electron chi connectivity index (χ2n) is 13.5. The largest absolute Gasteiger partial charge is 0.413 e. The number of terminal acetylenes is 1. The van der Waals surface area contributed by atoms with E-state index < -0.39 is 8.32 Å². The molecule has 0 amide bonds. The van der Waals surface area contributed by atoms with Crippen molar-refractivity contribution in [3.63, 3.8) is 0 Å². The number of allylic oxidation sites excluding steroid dienone is 2. The van der Waals surface area contributed by atoms with Gasteiger partial charge in [0.2, 0.25) is 0 Å². The monoisotopic (exact) mass is 442 g/mol. The Bertz CT molecular complexity index is 731. The average molecular weight is 443 g/mol. The van der Waals surface area contributed by atoms with E-state index in [2.05, 4.69) is 67.5 Å². The quantitative estimate of drug-likeness (QED) is 0.179. The molecule has 176 valence electrons. The van der Waals surface area contributed by atoms with Gasteiger partial charge in [0.05, 0.1) is 6.10 Å². The highest BCUT2D eigenvalue weighted by Crippen LogP contribution is 2.65. The highest BCUT2D eigenvalue weighted by Gasteiger charge is 2.59. The molecule has 0 aliphatic heterocycles. The number of hydrogen-bond acceptors (Lipinski definition) is 1. The van der Waals surface area contributed by atoms with E-state index in [9.17, 15) is 0 Å². The van der Waals surface area contributed by atoms with Crippen LogP contribution in [0.25, 0.3) is 0 Å². The molecule has 3 aliphatic rings. The molecule has 3 rings (SSSR count). The normalized spacial score (nSPS) is 35.9. The first-order valence-corrected chi connectivity index (χ1v) is 16.0. The zero-order valence-corrected chi connectivity index (χ0v) is 23.2. The second kappa shape index (κ2) is 8.68. The van der Waals surface area contributed by atoms with Gasteiger partial charge in [-0.2, -0.15) is 0 Å². The third-order valence-corrected chi connectivity index (χ3v) is 14.9. The van der Waals surface area contributed by atoms with Crippen molar-refractivity contribution in [1.82, 2.24) is 0 Å². The van der Waals surface area contributed by atoms with Gasteiger partial charge in [-0.05, 0) is 105 Å². The summed E-state index contributed by atoms with van der Waals surface area (Å²) in [6.45, 7) is 22.2. The molecule has 2 saturated carbocycles. The second-order valence-corrected chi connectivity index (χ2v) is 18.2. The minimum Gasteiger partial charge on any atom is -0.413 e. The summed E-state index contributed by atoms with van der Waals surface area (Å²) in [7, 11) is -1.76. The molecule has 0 aromatic rings. The molecular formula is C29H50OSi. The van der Waals surface area contributed by atoms with Crippen molar-refractivity contribution in [2.75, 3.05) is 0 Å². The number of unbranched alkanes of at least 4 members (excludes halogenated alkanes) is 1. The molecule has 2 heteroatoms. The highest BCUT2D eigenvalue weighted by molar-refractivity contribution is 6.74. The zero-order valence-electron chi connectivity index (χ0n) is 22.2. The summed E-state index contributed by atoms with van der Waals surface area (Å²) < 4.78 is 7.10. The molecule has 0 saturated heterocycles. The standard InChI is InChI=1S/C29H50OSi/c1-11-12-13-14-22-21(2)15-17-24-23(22)16-18-25-28(6,7)26(19-20-29(24,25)8)30-31(9,10)27(3,4)5/h1,23-26H,12-20H2,2-10H3/t23-,24-,25-,26-,29+/m0/s1. The van der Waals surface area contributed by atoms with Gasteiger partial charge in [0.15, 0.2) is 8.32 Å². The number of rotatable bonds is 5. The Hall–Kier alpha value is -0.523. The van der Waals surface area contributed by atoms with E-state index in [4.69, 9.17) is 10.8 Å². The molecule has 3 aliphatic carbocycles. The van der Waals surface area contributed by atoms with Gasteiger partial charge in [0, 0.05) is 6.42 Å². The van der Waals surface area contributed by atoms with E-state index in [0.717, 1.165) is 24.2 Å². The van der Waals surface area contributed by atoms with Crippen LogP contribution in [0.2, 0.25) is 18.1 Å². The zero-order chi connectivity index (χ0) is 23.2. The lowest BCUT2D eigenvalue weighted by Gasteiger charge is -2.63. The minimum absolute atomic E-state index is 0.257. The van der Waals surface area contributed by atoms with Gasteiger partial charge in [-0.25, -0.2) is 0 Å². The molecule has 0 N–H and O–H groups in total. The van der Waals surface area contributed by atoms with Crippen LogP contribution in [0.5, 0.6) is 0 Å². The fourth-order valence-electron chi connectivity index (χ4n) is 7.54. The lowest BCUT2D eigenvalue weighted by atomic mass is 9.43. The first kappa shape index (κ1) is 25.1. The fourth-order valence-corrected chi connectivity index (χ4v) is 9.02. The average Bonchev–Trinajstić information content (AvgIpc) is 2.65. The van der Waals surface area contributed by atoms with Crippen molar-refractivity contribution in [2.45, 2.75) is 130 Å². The van der Waals surface area contributed by atoms with Crippen LogP contribution < -0.4 is 0 Å². The van der Waals surface area contributed by atoms with Crippen molar-refractivity contribution in [3.8, 4) is 12.3 Å². The molecule has 31 heavy (non-hydrogen) atoms. The lowest BCUT2D eigenvalue weighted by Crippen LogP contribution is -2.59. The van der Waals surface area contributed by atoms with Gasteiger partial charge in [0.1, 0.15) is 0 Å². The van der Waals surface area contributed by atoms with Gasteiger partial charge < -0.3 is 4.43 Å². The van der Waals surface area contributed by atoms with Crippen LogP contribution in [0, 0.1) is 40.9 Å². The van der Waals surface area contributed by atoms with Crippen molar-refractivity contribution in [3.05, 3.63) is 11.1 Å². The maximum absolute atomic E-state index is 7.10. The molecule has 0 spiro atoms. The molecule has 0 unspecified atom stereocenters. The number of hydrogen-bond donors (Lipinski definition) is 0. The summed E-state index contributed by atoms with van der Waals surface area (Å²) in [4.78, 5) is 0. The molecule has 2 fully saturated rings. The summed E-state index contributed by atoms with van der Waals surface area (Å²) in [6, 6.07) is 0. The van der Waals surface area contributed by atoms with Crippen LogP contribution in [0.4, 0.5) is 0 Å². The van der Waals surface area contributed by atoms with Crippen LogP contribution >= 0.6 is 0 Å². The Morgan fingerprint density at radius 2 is 1.77 bits per heavy atom. The van der Waals surface area contributed by atoms with Crippen molar-refractivity contribution < 1.29 is 4.43 Å². The first-order valence-electron chi connectivity index (χ1n) is 13.1. The summed E-state index contributed by atoms with van der Waals surface area (Å²) in [5, 5.41) is 0.278. The van der Waals surface area contributed by atoms with E-state index in [1.165, 1.54) is 51.4 Å². The first-order chi connectivity index (χ1) is 14.3.